The Bertz CT molecular complexity index is 209. The van der Waals surface area contributed by atoms with E-state index in [0.717, 1.165) is 0 Å². The largest absolute Gasteiger partial charge is 0.386 e. The van der Waals surface area contributed by atoms with Gasteiger partial charge >= 0.3 is 0 Å². The van der Waals surface area contributed by atoms with Crippen LogP contribution >= 0.6 is 0 Å². The fraction of sp³-hybridized carbons (Fsp3) is 0.889. The molecule has 4 atom stereocenters. The summed E-state index contributed by atoms with van der Waals surface area (Å²) in [6.45, 7) is 3.31. The highest BCUT2D eigenvalue weighted by atomic mass is 16.7. The summed E-state index contributed by atoms with van der Waals surface area (Å²) < 4.78 is 10.3. The van der Waals surface area contributed by atoms with Crippen molar-refractivity contribution >= 4 is 5.91 Å². The first kappa shape index (κ1) is 11.4. The van der Waals surface area contributed by atoms with Gasteiger partial charge in [-0.2, -0.15) is 0 Å². The molecule has 1 aliphatic heterocycles. The average Bonchev–Trinajstić information content (AvgIpc) is 2.09. The third-order valence-corrected chi connectivity index (χ3v) is 2.26. The third-order valence-electron chi connectivity index (χ3n) is 2.26. The number of rotatable bonds is 2. The number of aliphatic hydroxyl groups is 1. The molecule has 1 heterocycles. The molecule has 0 aliphatic carbocycles. The first-order valence-electron chi connectivity index (χ1n) is 4.68. The molecule has 82 valence electrons. The Kier molecular flexibility index (Phi) is 3.86. The molecular weight excluding hydrogens is 186 g/mol. The molecule has 0 aromatic carbocycles. The topological polar surface area (TPSA) is 67.8 Å². The van der Waals surface area contributed by atoms with Crippen LogP contribution in [-0.2, 0) is 14.3 Å². The van der Waals surface area contributed by atoms with Crippen LogP contribution in [-0.4, -0.2) is 42.7 Å². The molecule has 1 fully saturated rings. The summed E-state index contributed by atoms with van der Waals surface area (Å²) in [6, 6.07) is -0.291. The number of ether oxygens (including phenoxy) is 2. The summed E-state index contributed by atoms with van der Waals surface area (Å²) in [5, 5.41) is 12.4. The smallest absolute Gasteiger partial charge is 0.217 e. The number of hydrogen-bond donors (Lipinski definition) is 2. The zero-order valence-corrected chi connectivity index (χ0v) is 8.69. The van der Waals surface area contributed by atoms with Crippen molar-refractivity contribution in [3.8, 4) is 0 Å². The number of amides is 1. The zero-order valence-electron chi connectivity index (χ0n) is 8.69. The number of aliphatic hydroxyl groups excluding tert-OH is 1. The fourth-order valence-electron chi connectivity index (χ4n) is 1.65. The predicted octanol–water partition coefficient (Wildman–Crippen LogP) is -0.367. The molecule has 2 N–H and O–H groups in total. The molecule has 0 aromatic heterocycles. The average molecular weight is 203 g/mol. The van der Waals surface area contributed by atoms with Crippen LogP contribution in [0.15, 0.2) is 0 Å². The van der Waals surface area contributed by atoms with Gasteiger partial charge in [-0.3, -0.25) is 4.79 Å². The Morgan fingerprint density at radius 3 is 2.79 bits per heavy atom. The molecule has 1 rings (SSSR count). The lowest BCUT2D eigenvalue weighted by Gasteiger charge is -2.37. The van der Waals surface area contributed by atoms with E-state index in [9.17, 15) is 9.90 Å². The zero-order chi connectivity index (χ0) is 10.7. The second-order valence-corrected chi connectivity index (χ2v) is 3.58. The summed E-state index contributed by atoms with van der Waals surface area (Å²) in [7, 11) is 1.47. The van der Waals surface area contributed by atoms with Gasteiger partial charge < -0.3 is 19.9 Å². The summed E-state index contributed by atoms with van der Waals surface area (Å²) in [4.78, 5) is 10.9. The first-order chi connectivity index (χ1) is 6.54. The van der Waals surface area contributed by atoms with Crippen molar-refractivity contribution in [1.29, 1.82) is 0 Å². The Balaban J connectivity index is 2.59. The minimum atomic E-state index is -0.805. The van der Waals surface area contributed by atoms with Crippen LogP contribution in [0.5, 0.6) is 0 Å². The maximum absolute atomic E-state index is 10.9. The summed E-state index contributed by atoms with van der Waals surface area (Å²) >= 11 is 0. The van der Waals surface area contributed by atoms with Gasteiger partial charge in [0, 0.05) is 14.0 Å². The van der Waals surface area contributed by atoms with E-state index in [1.807, 2.05) is 6.92 Å². The Labute approximate surface area is 83.4 Å². The molecule has 1 amide bonds. The Morgan fingerprint density at radius 1 is 1.64 bits per heavy atom. The minimum absolute atomic E-state index is 0.0276. The molecule has 0 unspecified atom stereocenters. The SMILES string of the molecule is CO[C@H]1O[C@H](C)C[C@@H](NC(C)=O)[C@@H]1O. The van der Waals surface area contributed by atoms with Gasteiger partial charge in [0.25, 0.3) is 0 Å². The van der Waals surface area contributed by atoms with Crippen LogP contribution in [0.4, 0.5) is 0 Å². The van der Waals surface area contributed by atoms with E-state index in [2.05, 4.69) is 5.32 Å². The highest BCUT2D eigenvalue weighted by Gasteiger charge is 2.36. The van der Waals surface area contributed by atoms with Gasteiger partial charge in [-0.1, -0.05) is 0 Å². The van der Waals surface area contributed by atoms with Crippen molar-refractivity contribution in [3.05, 3.63) is 0 Å². The third kappa shape index (κ3) is 2.67. The van der Waals surface area contributed by atoms with Gasteiger partial charge in [-0.05, 0) is 13.3 Å². The summed E-state index contributed by atoms with van der Waals surface area (Å²) in [5.74, 6) is -0.155. The second-order valence-electron chi connectivity index (χ2n) is 3.58. The molecule has 5 heteroatoms. The van der Waals surface area contributed by atoms with Crippen LogP contribution in [0.1, 0.15) is 20.3 Å². The van der Waals surface area contributed by atoms with E-state index in [-0.39, 0.29) is 18.1 Å². The summed E-state index contributed by atoms with van der Waals surface area (Å²) in [6.07, 6.45) is -0.892. The number of methoxy groups -OCH3 is 1. The Morgan fingerprint density at radius 2 is 2.29 bits per heavy atom. The summed E-state index contributed by atoms with van der Waals surface area (Å²) in [5.41, 5.74) is 0. The maximum Gasteiger partial charge on any atom is 0.217 e. The van der Waals surface area contributed by atoms with Crippen LogP contribution in [0.25, 0.3) is 0 Å². The molecular formula is C9H17NO4. The molecule has 0 spiro atoms. The maximum atomic E-state index is 10.9. The van der Waals surface area contributed by atoms with Crippen molar-refractivity contribution < 1.29 is 19.4 Å². The van der Waals surface area contributed by atoms with E-state index in [0.29, 0.717) is 6.42 Å². The van der Waals surface area contributed by atoms with E-state index in [4.69, 9.17) is 9.47 Å². The number of nitrogens with one attached hydrogen (secondary N) is 1. The van der Waals surface area contributed by atoms with E-state index in [1.165, 1.54) is 14.0 Å². The molecule has 0 bridgehead atoms. The minimum Gasteiger partial charge on any atom is -0.386 e. The quantitative estimate of drug-likeness (QED) is 0.642. The highest BCUT2D eigenvalue weighted by molar-refractivity contribution is 5.73. The van der Waals surface area contributed by atoms with Crippen molar-refractivity contribution in [3.63, 3.8) is 0 Å². The second kappa shape index (κ2) is 4.72. The number of carbonyl (C=O) groups is 1. The fourth-order valence-corrected chi connectivity index (χ4v) is 1.65. The lowest BCUT2D eigenvalue weighted by Crippen LogP contribution is -2.55. The lowest BCUT2D eigenvalue weighted by atomic mass is 10.0. The standard InChI is InChI=1S/C9H17NO4/c1-5-4-7(10-6(2)11)8(12)9(13-3)14-5/h5,7-9,12H,4H2,1-3H3,(H,10,11)/t5-,7-,8+,9+/m1/s1. The number of hydrogen-bond acceptors (Lipinski definition) is 4. The van der Waals surface area contributed by atoms with Crippen LogP contribution in [0.3, 0.4) is 0 Å². The van der Waals surface area contributed by atoms with Crippen molar-refractivity contribution in [2.24, 2.45) is 0 Å². The van der Waals surface area contributed by atoms with Crippen molar-refractivity contribution in [2.45, 2.75) is 44.8 Å². The highest BCUT2D eigenvalue weighted by Crippen LogP contribution is 2.20. The Hall–Kier alpha value is -0.650. The molecule has 0 saturated carbocycles. The molecule has 0 aromatic rings. The normalized spacial score (nSPS) is 38.0. The van der Waals surface area contributed by atoms with Gasteiger partial charge in [-0.25, -0.2) is 0 Å². The van der Waals surface area contributed by atoms with Crippen molar-refractivity contribution in [1.82, 2.24) is 5.32 Å². The van der Waals surface area contributed by atoms with Gasteiger partial charge in [0.15, 0.2) is 6.29 Å². The van der Waals surface area contributed by atoms with Gasteiger partial charge in [0.2, 0.25) is 5.91 Å². The molecule has 0 radical (unpaired) electrons. The van der Waals surface area contributed by atoms with Crippen LogP contribution in [0, 0.1) is 0 Å². The predicted molar refractivity (Wildman–Crippen MR) is 49.6 cm³/mol. The molecule has 1 aliphatic rings. The van der Waals surface area contributed by atoms with E-state index < -0.39 is 12.4 Å². The van der Waals surface area contributed by atoms with Crippen molar-refractivity contribution in [2.75, 3.05) is 7.11 Å². The number of carbonyl (C=O) groups excluding carboxylic acids is 1. The monoisotopic (exact) mass is 203 g/mol. The van der Waals surface area contributed by atoms with Gasteiger partial charge in [-0.15, -0.1) is 0 Å². The van der Waals surface area contributed by atoms with E-state index >= 15 is 0 Å². The molecule has 5 nitrogen and oxygen atoms in total. The van der Waals surface area contributed by atoms with Crippen LogP contribution < -0.4 is 5.32 Å². The van der Waals surface area contributed by atoms with E-state index in [1.54, 1.807) is 0 Å². The first-order valence-corrected chi connectivity index (χ1v) is 4.68. The lowest BCUT2D eigenvalue weighted by molar-refractivity contribution is -0.233. The van der Waals surface area contributed by atoms with Crippen LogP contribution in [0.2, 0.25) is 0 Å². The molecule has 1 saturated heterocycles. The van der Waals surface area contributed by atoms with Gasteiger partial charge in [0.1, 0.15) is 6.10 Å². The molecule has 14 heavy (non-hydrogen) atoms. The van der Waals surface area contributed by atoms with Gasteiger partial charge in [0.05, 0.1) is 12.1 Å².